The predicted octanol–water partition coefficient (Wildman–Crippen LogP) is 3.11. The van der Waals surface area contributed by atoms with Crippen molar-refractivity contribution in [2.24, 2.45) is 5.92 Å². The molecule has 3 heteroatoms. The Morgan fingerprint density at radius 1 is 1.27 bits per heavy atom. The maximum atomic E-state index is 10.7. The number of amides is 1. The molecule has 1 saturated carbocycles. The molecule has 15 heavy (non-hydrogen) atoms. The summed E-state index contributed by atoms with van der Waals surface area (Å²) in [5.41, 5.74) is 0. The first-order valence-electron chi connectivity index (χ1n) is 6.08. The molecule has 0 atom stereocenters. The molecule has 0 heterocycles. The summed E-state index contributed by atoms with van der Waals surface area (Å²) in [5.74, 6) is 0.875. The zero-order valence-corrected chi connectivity index (χ0v) is 9.71. The van der Waals surface area contributed by atoms with E-state index in [1.165, 1.54) is 52.1 Å². The Hall–Kier alpha value is -0.730. The van der Waals surface area contributed by atoms with Crippen LogP contribution in [0.25, 0.3) is 0 Å². The highest BCUT2D eigenvalue weighted by Crippen LogP contribution is 2.26. The van der Waals surface area contributed by atoms with E-state index in [-0.39, 0.29) is 0 Å². The third-order valence-electron chi connectivity index (χ3n) is 3.16. The molecule has 0 aromatic rings. The van der Waals surface area contributed by atoms with Crippen LogP contribution in [0.1, 0.15) is 51.4 Å². The van der Waals surface area contributed by atoms with E-state index >= 15 is 0 Å². The minimum Gasteiger partial charge on any atom is -0.452 e. The Kier molecular flexibility index (Phi) is 6.21. The van der Waals surface area contributed by atoms with Crippen LogP contribution in [0.15, 0.2) is 0 Å². The van der Waals surface area contributed by atoms with Gasteiger partial charge in [-0.2, -0.15) is 0 Å². The molecule has 1 aliphatic carbocycles. The first-order chi connectivity index (χ1) is 7.33. The second-order valence-corrected chi connectivity index (χ2v) is 4.35. The summed E-state index contributed by atoms with van der Waals surface area (Å²) >= 11 is 0. The van der Waals surface area contributed by atoms with Crippen LogP contribution in [0.4, 0.5) is 4.79 Å². The smallest absolute Gasteiger partial charge is 0.428 e. The molecule has 0 N–H and O–H groups in total. The summed E-state index contributed by atoms with van der Waals surface area (Å²) in [7, 11) is 1.37. The van der Waals surface area contributed by atoms with Crippen LogP contribution in [-0.2, 0) is 4.74 Å². The molecule has 0 aliphatic heterocycles. The molecule has 0 unspecified atom stereocenters. The van der Waals surface area contributed by atoms with Crippen LogP contribution in [0.5, 0.6) is 0 Å². The van der Waals surface area contributed by atoms with Crippen LogP contribution in [0.2, 0.25) is 0 Å². The molecule has 0 spiro atoms. The molecule has 0 saturated heterocycles. The molecule has 1 amide bonds. The number of carbonyl (C=O) groups excluding carboxylic acids is 1. The monoisotopic (exact) mass is 212 g/mol. The molecule has 0 aromatic carbocycles. The zero-order chi connectivity index (χ0) is 10.9. The summed E-state index contributed by atoms with van der Waals surface area (Å²) in [5, 5.41) is 3.79. The molecule has 3 nitrogen and oxygen atoms in total. The average Bonchev–Trinajstić information content (AvgIpc) is 2.52. The molecular formula is C12H22NO2. The van der Waals surface area contributed by atoms with Crippen molar-refractivity contribution in [1.82, 2.24) is 5.32 Å². The lowest BCUT2D eigenvalue weighted by Crippen LogP contribution is -2.17. The van der Waals surface area contributed by atoms with E-state index in [0.29, 0.717) is 6.54 Å². The van der Waals surface area contributed by atoms with Gasteiger partial charge in [0.05, 0.1) is 7.11 Å². The third kappa shape index (κ3) is 5.65. The van der Waals surface area contributed by atoms with Gasteiger partial charge in [-0.15, -0.1) is 0 Å². The second-order valence-electron chi connectivity index (χ2n) is 4.35. The highest BCUT2D eigenvalue weighted by Gasteiger charge is 2.11. The maximum absolute atomic E-state index is 10.7. The van der Waals surface area contributed by atoms with Gasteiger partial charge in [0.15, 0.2) is 0 Å². The molecular weight excluding hydrogens is 190 g/mol. The minimum absolute atomic E-state index is 0.434. The Morgan fingerprint density at radius 2 is 1.93 bits per heavy atom. The quantitative estimate of drug-likeness (QED) is 0.530. The number of ether oxygens (including phenoxy) is 1. The molecule has 0 aromatic heterocycles. The number of methoxy groups -OCH3 is 1. The van der Waals surface area contributed by atoms with Gasteiger partial charge < -0.3 is 4.74 Å². The van der Waals surface area contributed by atoms with Crippen molar-refractivity contribution < 1.29 is 9.53 Å². The lowest BCUT2D eigenvalue weighted by molar-refractivity contribution is 0.169. The van der Waals surface area contributed by atoms with E-state index in [2.05, 4.69) is 10.1 Å². The van der Waals surface area contributed by atoms with Crippen molar-refractivity contribution in [1.29, 1.82) is 0 Å². The second kappa shape index (κ2) is 7.55. The van der Waals surface area contributed by atoms with Crippen LogP contribution in [0, 0.1) is 5.92 Å². The van der Waals surface area contributed by atoms with Gasteiger partial charge >= 0.3 is 6.09 Å². The van der Waals surface area contributed by atoms with Crippen molar-refractivity contribution >= 4 is 6.09 Å². The highest BCUT2D eigenvalue weighted by atomic mass is 16.5. The largest absolute Gasteiger partial charge is 0.452 e. The molecule has 1 aliphatic rings. The van der Waals surface area contributed by atoms with E-state index in [9.17, 15) is 4.79 Å². The average molecular weight is 212 g/mol. The van der Waals surface area contributed by atoms with E-state index in [0.717, 1.165) is 12.3 Å². The lowest BCUT2D eigenvalue weighted by atomic mass is 9.95. The molecule has 0 bridgehead atoms. The zero-order valence-electron chi connectivity index (χ0n) is 9.71. The number of hydrogen-bond donors (Lipinski definition) is 0. The van der Waals surface area contributed by atoms with E-state index in [1.54, 1.807) is 0 Å². The van der Waals surface area contributed by atoms with Gasteiger partial charge in [-0.3, -0.25) is 0 Å². The number of rotatable bonds is 4. The number of hydrogen-bond acceptors (Lipinski definition) is 2. The SMILES string of the molecule is COC(=O)[N]CCCC1CCCCCC1. The van der Waals surface area contributed by atoms with Gasteiger partial charge in [0, 0.05) is 6.54 Å². The number of nitrogens with zero attached hydrogens (tertiary/aromatic N) is 1. The van der Waals surface area contributed by atoms with Crippen LogP contribution < -0.4 is 5.32 Å². The van der Waals surface area contributed by atoms with Crippen molar-refractivity contribution in [3.05, 3.63) is 0 Å². The van der Waals surface area contributed by atoms with Gasteiger partial charge in [-0.25, -0.2) is 10.1 Å². The normalized spacial score (nSPS) is 18.2. The van der Waals surface area contributed by atoms with Crippen molar-refractivity contribution in [2.45, 2.75) is 51.4 Å². The Labute approximate surface area is 92.6 Å². The van der Waals surface area contributed by atoms with E-state index in [1.807, 2.05) is 0 Å². The highest BCUT2D eigenvalue weighted by molar-refractivity contribution is 5.66. The van der Waals surface area contributed by atoms with Gasteiger partial charge in [-0.05, 0) is 18.8 Å². The van der Waals surface area contributed by atoms with Crippen LogP contribution >= 0.6 is 0 Å². The van der Waals surface area contributed by atoms with Gasteiger partial charge in [-0.1, -0.05) is 38.5 Å². The van der Waals surface area contributed by atoms with Crippen molar-refractivity contribution in [3.63, 3.8) is 0 Å². The van der Waals surface area contributed by atoms with Gasteiger partial charge in [0.2, 0.25) is 0 Å². The topological polar surface area (TPSA) is 40.4 Å². The Bertz CT molecular complexity index is 174. The molecule has 87 valence electrons. The minimum atomic E-state index is -0.434. The summed E-state index contributed by atoms with van der Waals surface area (Å²) in [6.07, 6.45) is 10.1. The fourth-order valence-electron chi connectivity index (χ4n) is 2.27. The summed E-state index contributed by atoms with van der Waals surface area (Å²) in [6, 6.07) is 0. The third-order valence-corrected chi connectivity index (χ3v) is 3.16. The fourth-order valence-corrected chi connectivity index (χ4v) is 2.27. The summed E-state index contributed by atoms with van der Waals surface area (Å²) < 4.78 is 4.46. The van der Waals surface area contributed by atoms with Gasteiger partial charge in [0.25, 0.3) is 0 Å². The molecule has 1 rings (SSSR count). The predicted molar refractivity (Wildman–Crippen MR) is 59.8 cm³/mol. The van der Waals surface area contributed by atoms with Crippen LogP contribution in [-0.4, -0.2) is 19.7 Å². The first-order valence-corrected chi connectivity index (χ1v) is 6.08. The first kappa shape index (κ1) is 12.3. The Balaban J connectivity index is 2.00. The molecule has 1 fully saturated rings. The molecule has 1 radical (unpaired) electrons. The summed E-state index contributed by atoms with van der Waals surface area (Å²) in [4.78, 5) is 10.7. The van der Waals surface area contributed by atoms with Crippen molar-refractivity contribution in [3.8, 4) is 0 Å². The Morgan fingerprint density at radius 3 is 2.53 bits per heavy atom. The van der Waals surface area contributed by atoms with Gasteiger partial charge in [0.1, 0.15) is 0 Å². The van der Waals surface area contributed by atoms with E-state index < -0.39 is 6.09 Å². The maximum Gasteiger partial charge on any atom is 0.428 e. The van der Waals surface area contributed by atoms with Crippen LogP contribution in [0.3, 0.4) is 0 Å². The summed E-state index contributed by atoms with van der Waals surface area (Å²) in [6.45, 7) is 0.628. The lowest BCUT2D eigenvalue weighted by Gasteiger charge is -2.12. The van der Waals surface area contributed by atoms with Crippen molar-refractivity contribution in [2.75, 3.05) is 13.7 Å². The fraction of sp³-hybridized carbons (Fsp3) is 0.917. The van der Waals surface area contributed by atoms with E-state index in [4.69, 9.17) is 0 Å². The number of carbonyl (C=O) groups is 1. The standard InChI is InChI=1S/C12H22NO2/c1-15-12(14)13-10-6-9-11-7-4-2-3-5-8-11/h11H,2-10H2,1H3.